The minimum absolute atomic E-state index is 0.00491. The molecule has 0 saturated carbocycles. The van der Waals surface area contributed by atoms with Gasteiger partial charge < -0.3 is 10.2 Å². The van der Waals surface area contributed by atoms with Gasteiger partial charge in [-0.3, -0.25) is 4.79 Å². The highest BCUT2D eigenvalue weighted by molar-refractivity contribution is 6.35. The van der Waals surface area contributed by atoms with Crippen molar-refractivity contribution >= 4 is 29.1 Å². The van der Waals surface area contributed by atoms with Crippen molar-refractivity contribution in [2.45, 2.75) is 57.8 Å². The molecule has 1 aromatic carbocycles. The number of carbonyl (C=O) groups is 1. The van der Waals surface area contributed by atoms with Gasteiger partial charge in [0.1, 0.15) is 5.82 Å². The minimum atomic E-state index is 0.00491. The molecule has 1 aliphatic heterocycles. The molecule has 0 atom stereocenters. The number of likely N-dealkylation sites (tertiary alicyclic amines) is 1. The number of rotatable bonds is 4. The fraction of sp³-hybridized carbons (Fsp3) is 0.500. The van der Waals surface area contributed by atoms with Crippen molar-refractivity contribution in [2.75, 3.05) is 13.1 Å². The first kappa shape index (κ1) is 20.3. The number of benzene rings is 1. The number of hydrogen-bond donors (Lipinski definition) is 1. The molecular weight excluding hydrogens is 379 g/mol. The lowest BCUT2D eigenvalue weighted by Crippen LogP contribution is -2.44. The van der Waals surface area contributed by atoms with Crippen LogP contribution in [0.3, 0.4) is 0 Å². The Bertz CT molecular complexity index is 777. The number of nitrogens with zero attached hydrogens (tertiary/aromatic N) is 1. The predicted molar refractivity (Wildman–Crippen MR) is 113 cm³/mol. The van der Waals surface area contributed by atoms with Crippen molar-refractivity contribution in [1.29, 1.82) is 0 Å². The Morgan fingerprint density at radius 3 is 2.48 bits per heavy atom. The summed E-state index contributed by atoms with van der Waals surface area (Å²) in [5.41, 5.74) is 3.31. The molecule has 0 bridgehead atoms. The molecule has 0 unspecified atom stereocenters. The van der Waals surface area contributed by atoms with E-state index in [1.54, 1.807) is 0 Å². The highest BCUT2D eigenvalue weighted by Crippen LogP contribution is 2.40. The van der Waals surface area contributed by atoms with Gasteiger partial charge >= 0.3 is 0 Å². The second-order valence-electron chi connectivity index (χ2n) is 8.04. The summed E-state index contributed by atoms with van der Waals surface area (Å²) < 4.78 is 0. The maximum Gasteiger partial charge on any atom is 0.252 e. The fourth-order valence-corrected chi connectivity index (χ4v) is 4.80. The van der Waals surface area contributed by atoms with Crippen molar-refractivity contribution in [2.24, 2.45) is 0 Å². The first-order valence-electron chi connectivity index (χ1n) is 9.69. The summed E-state index contributed by atoms with van der Waals surface area (Å²) in [6, 6.07) is 5.75. The van der Waals surface area contributed by atoms with Gasteiger partial charge in [-0.2, -0.15) is 0 Å². The van der Waals surface area contributed by atoms with Crippen LogP contribution in [0.4, 0.5) is 0 Å². The Morgan fingerprint density at radius 2 is 1.85 bits per heavy atom. The molecule has 1 saturated heterocycles. The third kappa shape index (κ3) is 4.52. The number of hydrogen-bond acceptors (Lipinski definition) is 2. The van der Waals surface area contributed by atoms with Gasteiger partial charge in [-0.25, -0.2) is 0 Å². The van der Waals surface area contributed by atoms with E-state index in [-0.39, 0.29) is 11.3 Å². The molecule has 0 aromatic heterocycles. The van der Waals surface area contributed by atoms with Crippen LogP contribution in [0, 0.1) is 0 Å². The lowest BCUT2D eigenvalue weighted by molar-refractivity contribution is -0.117. The van der Waals surface area contributed by atoms with Crippen molar-refractivity contribution in [3.63, 3.8) is 0 Å². The van der Waals surface area contributed by atoms with Crippen LogP contribution in [0.25, 0.3) is 0 Å². The SMILES string of the molecule is C=C(NC(=O)C1=C(C)CCCC1)N1CCC(C)(c2ccc(Cl)cc2Cl)CC1. The van der Waals surface area contributed by atoms with E-state index in [1.165, 1.54) is 12.0 Å². The van der Waals surface area contributed by atoms with Gasteiger partial charge in [-0.05, 0) is 68.6 Å². The first-order valence-corrected chi connectivity index (χ1v) is 10.4. The Balaban J connectivity index is 1.61. The zero-order valence-corrected chi connectivity index (χ0v) is 17.7. The van der Waals surface area contributed by atoms with Crippen molar-refractivity contribution in [3.05, 3.63) is 57.4 Å². The van der Waals surface area contributed by atoms with Crippen LogP contribution in [-0.2, 0) is 10.2 Å². The summed E-state index contributed by atoms with van der Waals surface area (Å²) in [5, 5.41) is 4.41. The van der Waals surface area contributed by atoms with E-state index < -0.39 is 0 Å². The van der Waals surface area contributed by atoms with Gasteiger partial charge in [0.05, 0.1) is 0 Å². The molecule has 27 heavy (non-hydrogen) atoms. The van der Waals surface area contributed by atoms with Crippen molar-refractivity contribution < 1.29 is 4.79 Å². The summed E-state index contributed by atoms with van der Waals surface area (Å²) in [5.74, 6) is 0.724. The molecule has 1 amide bonds. The normalized spacial score (nSPS) is 19.8. The summed E-state index contributed by atoms with van der Waals surface area (Å²) in [6.45, 7) is 10.1. The van der Waals surface area contributed by atoms with Crippen LogP contribution in [-0.4, -0.2) is 23.9 Å². The molecule has 1 heterocycles. The van der Waals surface area contributed by atoms with Crippen LogP contribution in [0.5, 0.6) is 0 Å². The Labute approximate surface area is 172 Å². The third-order valence-electron chi connectivity index (χ3n) is 6.11. The molecule has 1 aromatic rings. The average Bonchev–Trinajstić information content (AvgIpc) is 2.62. The lowest BCUT2D eigenvalue weighted by Gasteiger charge is -2.41. The van der Waals surface area contributed by atoms with E-state index >= 15 is 0 Å². The van der Waals surface area contributed by atoms with E-state index in [0.717, 1.165) is 61.4 Å². The number of amides is 1. The van der Waals surface area contributed by atoms with E-state index in [2.05, 4.69) is 30.6 Å². The molecule has 0 spiro atoms. The average molecular weight is 407 g/mol. The van der Waals surface area contributed by atoms with Gasteiger partial charge in [-0.1, -0.05) is 48.3 Å². The lowest BCUT2D eigenvalue weighted by atomic mass is 9.74. The molecule has 3 nitrogen and oxygen atoms in total. The quantitative estimate of drug-likeness (QED) is 0.682. The molecule has 0 radical (unpaired) electrons. The second-order valence-corrected chi connectivity index (χ2v) is 8.88. The number of halogens is 2. The molecular formula is C22H28Cl2N2O. The van der Waals surface area contributed by atoms with Gasteiger partial charge in [0.2, 0.25) is 0 Å². The number of nitrogens with one attached hydrogen (secondary N) is 1. The van der Waals surface area contributed by atoms with E-state index in [1.807, 2.05) is 18.2 Å². The summed E-state index contributed by atoms with van der Waals surface area (Å²) in [7, 11) is 0. The zero-order valence-electron chi connectivity index (χ0n) is 16.2. The Hall–Kier alpha value is -1.45. The maximum absolute atomic E-state index is 12.6. The largest absolute Gasteiger partial charge is 0.359 e. The molecule has 1 N–H and O–H groups in total. The van der Waals surface area contributed by atoms with Crippen molar-refractivity contribution in [1.82, 2.24) is 10.2 Å². The van der Waals surface area contributed by atoms with Gasteiger partial charge in [-0.15, -0.1) is 0 Å². The van der Waals surface area contributed by atoms with E-state index in [4.69, 9.17) is 23.2 Å². The van der Waals surface area contributed by atoms with E-state index in [9.17, 15) is 4.79 Å². The van der Waals surface area contributed by atoms with Crippen LogP contribution in [0.1, 0.15) is 57.9 Å². The standard InChI is InChI=1S/C22H28Cl2N2O/c1-15-6-4-5-7-18(15)21(27)25-16(2)26-12-10-22(3,11-13-26)19-9-8-17(23)14-20(19)24/h8-9,14H,2,4-7,10-13H2,1,3H3,(H,25,27). The van der Waals surface area contributed by atoms with Crippen LogP contribution >= 0.6 is 23.2 Å². The number of piperidine rings is 1. The Kier molecular flexibility index (Phi) is 6.22. The predicted octanol–water partition coefficient (Wildman–Crippen LogP) is 5.82. The number of allylic oxidation sites excluding steroid dienone is 1. The second kappa shape index (κ2) is 8.28. The van der Waals surface area contributed by atoms with Crippen LogP contribution in [0.15, 0.2) is 41.7 Å². The van der Waals surface area contributed by atoms with Gasteiger partial charge in [0, 0.05) is 28.7 Å². The number of carbonyl (C=O) groups excluding carboxylic acids is 1. The highest BCUT2D eigenvalue weighted by Gasteiger charge is 2.34. The highest BCUT2D eigenvalue weighted by atomic mass is 35.5. The topological polar surface area (TPSA) is 32.3 Å². The molecule has 3 rings (SSSR count). The maximum atomic E-state index is 12.6. The monoisotopic (exact) mass is 406 g/mol. The molecule has 5 heteroatoms. The van der Waals surface area contributed by atoms with Crippen molar-refractivity contribution in [3.8, 4) is 0 Å². The third-order valence-corrected chi connectivity index (χ3v) is 6.65. The first-order chi connectivity index (χ1) is 12.8. The smallest absolute Gasteiger partial charge is 0.252 e. The minimum Gasteiger partial charge on any atom is -0.359 e. The van der Waals surface area contributed by atoms with Gasteiger partial charge in [0.15, 0.2) is 0 Å². The Morgan fingerprint density at radius 1 is 1.19 bits per heavy atom. The fourth-order valence-electron chi connectivity index (χ4n) is 4.17. The summed E-state index contributed by atoms with van der Waals surface area (Å²) >= 11 is 12.5. The molecule has 1 fully saturated rings. The van der Waals surface area contributed by atoms with Gasteiger partial charge in [0.25, 0.3) is 5.91 Å². The molecule has 146 valence electrons. The summed E-state index contributed by atoms with van der Waals surface area (Å²) in [4.78, 5) is 14.8. The van der Waals surface area contributed by atoms with Crippen LogP contribution in [0.2, 0.25) is 10.0 Å². The molecule has 1 aliphatic carbocycles. The van der Waals surface area contributed by atoms with E-state index in [0.29, 0.717) is 10.8 Å². The van der Waals surface area contributed by atoms with Crippen LogP contribution < -0.4 is 5.32 Å². The zero-order chi connectivity index (χ0) is 19.6. The molecule has 2 aliphatic rings. The summed E-state index contributed by atoms with van der Waals surface area (Å²) in [6.07, 6.45) is 6.07.